The second-order valence-electron chi connectivity index (χ2n) is 6.39. The molecule has 5 nitrogen and oxygen atoms in total. The summed E-state index contributed by atoms with van der Waals surface area (Å²) in [7, 11) is 1.56. The van der Waals surface area contributed by atoms with E-state index in [4.69, 9.17) is 26.2 Å². The Labute approximate surface area is 174 Å². The van der Waals surface area contributed by atoms with Crippen molar-refractivity contribution in [3.8, 4) is 11.5 Å². The zero-order chi connectivity index (χ0) is 20.8. The minimum absolute atomic E-state index is 0.223. The molecule has 3 rings (SSSR count). The predicted molar refractivity (Wildman–Crippen MR) is 114 cm³/mol. The first kappa shape index (κ1) is 20.4. The van der Waals surface area contributed by atoms with Crippen molar-refractivity contribution in [1.29, 1.82) is 0 Å². The third kappa shape index (κ3) is 5.36. The topological polar surface area (TPSA) is 68.1 Å². The Hall–Kier alpha value is -3.31. The highest BCUT2D eigenvalue weighted by Crippen LogP contribution is 2.29. The van der Waals surface area contributed by atoms with Gasteiger partial charge < -0.3 is 14.6 Å². The highest BCUT2D eigenvalue weighted by molar-refractivity contribution is 6.30. The van der Waals surface area contributed by atoms with Gasteiger partial charge in [-0.15, -0.1) is 0 Å². The number of nitrogens with zero attached hydrogens (tertiary/aromatic N) is 1. The summed E-state index contributed by atoms with van der Waals surface area (Å²) in [4.78, 5) is 15.6. The molecular formula is C23H20ClNO4. The van der Waals surface area contributed by atoms with Gasteiger partial charge in [0.2, 0.25) is 0 Å². The number of methoxy groups -OCH3 is 1. The number of aromatic carboxylic acids is 1. The second kappa shape index (κ2) is 9.26. The van der Waals surface area contributed by atoms with Gasteiger partial charge in [0.05, 0.1) is 18.4 Å². The van der Waals surface area contributed by atoms with Gasteiger partial charge in [0.15, 0.2) is 11.5 Å². The predicted octanol–water partition coefficient (Wildman–Crippen LogP) is 5.68. The maximum absolute atomic E-state index is 11.1. The van der Waals surface area contributed by atoms with Gasteiger partial charge in [0, 0.05) is 11.2 Å². The Morgan fingerprint density at radius 1 is 1.10 bits per heavy atom. The molecule has 0 aliphatic carbocycles. The molecule has 0 aliphatic rings. The Morgan fingerprint density at radius 3 is 2.69 bits per heavy atom. The van der Waals surface area contributed by atoms with Crippen molar-refractivity contribution in [2.45, 2.75) is 13.5 Å². The van der Waals surface area contributed by atoms with Crippen LogP contribution in [0, 0.1) is 6.92 Å². The molecule has 0 bridgehead atoms. The zero-order valence-corrected chi connectivity index (χ0v) is 16.8. The summed E-state index contributed by atoms with van der Waals surface area (Å²) in [5.41, 5.74) is 3.66. The van der Waals surface area contributed by atoms with Crippen LogP contribution in [0.1, 0.15) is 27.0 Å². The van der Waals surface area contributed by atoms with Crippen LogP contribution in [0.15, 0.2) is 65.7 Å². The lowest BCUT2D eigenvalue weighted by molar-refractivity contribution is 0.0696. The molecule has 0 aliphatic heterocycles. The van der Waals surface area contributed by atoms with Gasteiger partial charge in [-0.3, -0.25) is 4.99 Å². The van der Waals surface area contributed by atoms with E-state index in [1.807, 2.05) is 43.3 Å². The van der Waals surface area contributed by atoms with Gasteiger partial charge in [0.1, 0.15) is 6.61 Å². The summed E-state index contributed by atoms with van der Waals surface area (Å²) in [5, 5.41) is 9.73. The minimum Gasteiger partial charge on any atom is -0.493 e. The van der Waals surface area contributed by atoms with Crippen LogP contribution in [0.4, 0.5) is 5.69 Å². The molecule has 0 fully saturated rings. The molecule has 3 aromatic rings. The first-order valence-corrected chi connectivity index (χ1v) is 9.27. The molecule has 0 amide bonds. The summed E-state index contributed by atoms with van der Waals surface area (Å²) >= 11 is 6.04. The Morgan fingerprint density at radius 2 is 1.93 bits per heavy atom. The molecule has 0 atom stereocenters. The van der Waals surface area contributed by atoms with Crippen LogP contribution >= 0.6 is 11.6 Å². The summed E-state index contributed by atoms with van der Waals surface area (Å²) in [6.45, 7) is 2.20. The first-order chi connectivity index (χ1) is 14.0. The van der Waals surface area contributed by atoms with Crippen molar-refractivity contribution >= 4 is 29.5 Å². The number of ether oxygens (including phenoxy) is 2. The van der Waals surface area contributed by atoms with Crippen LogP contribution in [-0.4, -0.2) is 24.4 Å². The second-order valence-corrected chi connectivity index (χ2v) is 6.83. The number of carboxylic acid groups (broad SMARTS) is 1. The number of carbonyl (C=O) groups is 1. The van der Waals surface area contributed by atoms with E-state index in [1.165, 1.54) is 0 Å². The van der Waals surface area contributed by atoms with E-state index in [2.05, 4.69) is 4.99 Å². The van der Waals surface area contributed by atoms with Crippen LogP contribution in [0.5, 0.6) is 11.5 Å². The summed E-state index contributed by atoms with van der Waals surface area (Å²) < 4.78 is 11.3. The van der Waals surface area contributed by atoms with Crippen molar-refractivity contribution in [3.05, 3.63) is 87.9 Å². The number of aliphatic imine (C=N–C) groups is 1. The van der Waals surface area contributed by atoms with Crippen molar-refractivity contribution in [3.63, 3.8) is 0 Å². The van der Waals surface area contributed by atoms with Gasteiger partial charge in [-0.1, -0.05) is 29.8 Å². The SMILES string of the molecule is COc1cc(C=Nc2cc(Cl)ccc2C)ccc1OCc1cccc(C(=O)O)c1. The van der Waals surface area contributed by atoms with Crippen molar-refractivity contribution in [2.24, 2.45) is 4.99 Å². The number of rotatable bonds is 7. The Kier molecular flexibility index (Phi) is 6.52. The van der Waals surface area contributed by atoms with Crippen molar-refractivity contribution < 1.29 is 19.4 Å². The summed E-state index contributed by atoms with van der Waals surface area (Å²) in [6.07, 6.45) is 1.74. The average molecular weight is 410 g/mol. The monoisotopic (exact) mass is 409 g/mol. The molecule has 0 spiro atoms. The third-order valence-electron chi connectivity index (χ3n) is 4.28. The maximum atomic E-state index is 11.1. The van der Waals surface area contributed by atoms with Crippen molar-refractivity contribution in [1.82, 2.24) is 0 Å². The van der Waals surface area contributed by atoms with E-state index < -0.39 is 5.97 Å². The maximum Gasteiger partial charge on any atom is 0.335 e. The van der Waals surface area contributed by atoms with Gasteiger partial charge in [-0.25, -0.2) is 4.79 Å². The van der Waals surface area contributed by atoms with E-state index >= 15 is 0 Å². The van der Waals surface area contributed by atoms with E-state index in [0.29, 0.717) is 16.5 Å². The normalized spacial score (nSPS) is 10.9. The summed E-state index contributed by atoms with van der Waals surface area (Å²) in [5.74, 6) is 0.151. The highest BCUT2D eigenvalue weighted by Gasteiger charge is 2.08. The average Bonchev–Trinajstić information content (AvgIpc) is 2.73. The molecule has 0 radical (unpaired) electrons. The quantitative estimate of drug-likeness (QED) is 0.509. The molecule has 0 saturated carbocycles. The van der Waals surface area contributed by atoms with E-state index in [0.717, 1.165) is 22.4 Å². The molecule has 148 valence electrons. The standard InChI is InChI=1S/C23H20ClNO4/c1-15-6-8-19(24)12-20(15)25-13-16-7-9-21(22(11-16)28-2)29-14-17-4-3-5-18(10-17)23(26)27/h3-13H,14H2,1-2H3,(H,26,27). The lowest BCUT2D eigenvalue weighted by atomic mass is 10.1. The Bertz CT molecular complexity index is 1060. The zero-order valence-electron chi connectivity index (χ0n) is 16.1. The molecule has 0 unspecified atom stereocenters. The minimum atomic E-state index is -0.969. The molecule has 0 aromatic heterocycles. The Balaban J connectivity index is 1.75. The van der Waals surface area contributed by atoms with Gasteiger partial charge in [-0.05, 0) is 66.1 Å². The molecule has 0 saturated heterocycles. The molecule has 3 aromatic carbocycles. The van der Waals surface area contributed by atoms with Crippen LogP contribution in [0.3, 0.4) is 0 Å². The van der Waals surface area contributed by atoms with E-state index in [9.17, 15) is 4.79 Å². The smallest absolute Gasteiger partial charge is 0.335 e. The number of halogens is 1. The number of aryl methyl sites for hydroxylation is 1. The number of carboxylic acids is 1. The van der Waals surface area contributed by atoms with Crippen LogP contribution in [0.2, 0.25) is 5.02 Å². The van der Waals surface area contributed by atoms with Gasteiger partial charge in [-0.2, -0.15) is 0 Å². The lowest BCUT2D eigenvalue weighted by Gasteiger charge is -2.11. The molecular weight excluding hydrogens is 390 g/mol. The molecule has 1 N–H and O–H groups in total. The van der Waals surface area contributed by atoms with Gasteiger partial charge in [0.25, 0.3) is 0 Å². The number of hydrogen-bond donors (Lipinski definition) is 1. The molecule has 0 heterocycles. The first-order valence-electron chi connectivity index (χ1n) is 8.89. The summed E-state index contributed by atoms with van der Waals surface area (Å²) in [6, 6.07) is 17.7. The fourth-order valence-corrected chi connectivity index (χ4v) is 2.87. The third-order valence-corrected chi connectivity index (χ3v) is 4.51. The van der Waals surface area contributed by atoms with Crippen LogP contribution in [0.25, 0.3) is 0 Å². The fraction of sp³-hybridized carbons (Fsp3) is 0.130. The number of benzene rings is 3. The molecule has 6 heteroatoms. The lowest BCUT2D eigenvalue weighted by Crippen LogP contribution is -2.01. The highest BCUT2D eigenvalue weighted by atomic mass is 35.5. The molecule has 29 heavy (non-hydrogen) atoms. The van der Waals surface area contributed by atoms with Crippen molar-refractivity contribution in [2.75, 3.05) is 7.11 Å². The largest absolute Gasteiger partial charge is 0.493 e. The van der Waals surface area contributed by atoms with E-state index in [-0.39, 0.29) is 12.2 Å². The van der Waals surface area contributed by atoms with Gasteiger partial charge >= 0.3 is 5.97 Å². The van der Waals surface area contributed by atoms with Crippen LogP contribution in [-0.2, 0) is 6.61 Å². The van der Waals surface area contributed by atoms with E-state index in [1.54, 1.807) is 37.6 Å². The van der Waals surface area contributed by atoms with Crippen LogP contribution < -0.4 is 9.47 Å². The fourth-order valence-electron chi connectivity index (χ4n) is 2.70. The number of hydrogen-bond acceptors (Lipinski definition) is 4.